The van der Waals surface area contributed by atoms with Gasteiger partial charge in [0.25, 0.3) is 0 Å². The van der Waals surface area contributed by atoms with Crippen molar-refractivity contribution >= 4 is 11.8 Å². The maximum absolute atomic E-state index is 10.9. The van der Waals surface area contributed by atoms with Crippen molar-refractivity contribution in [2.45, 2.75) is 13.8 Å². The SMILES string of the molecule is CCOC(=O)NCCNc1cccc(C)c1. The first-order valence-electron chi connectivity index (χ1n) is 5.43. The van der Waals surface area contributed by atoms with Crippen LogP contribution in [-0.2, 0) is 4.74 Å². The van der Waals surface area contributed by atoms with Crippen molar-refractivity contribution in [2.75, 3.05) is 25.0 Å². The molecule has 0 bridgehead atoms. The standard InChI is InChI=1S/C12H18N2O2/c1-3-16-12(15)14-8-7-13-11-6-4-5-10(2)9-11/h4-6,9,13H,3,7-8H2,1-2H3,(H,14,15). The molecule has 0 unspecified atom stereocenters. The summed E-state index contributed by atoms with van der Waals surface area (Å²) in [5.41, 5.74) is 2.27. The van der Waals surface area contributed by atoms with E-state index in [1.165, 1.54) is 5.56 Å². The van der Waals surface area contributed by atoms with Crippen LogP contribution in [0.4, 0.5) is 10.5 Å². The van der Waals surface area contributed by atoms with Gasteiger partial charge in [-0.3, -0.25) is 0 Å². The van der Waals surface area contributed by atoms with Gasteiger partial charge in [0.2, 0.25) is 0 Å². The Hall–Kier alpha value is -1.71. The van der Waals surface area contributed by atoms with Crippen LogP contribution in [0.3, 0.4) is 0 Å². The Morgan fingerprint density at radius 3 is 2.88 bits per heavy atom. The maximum atomic E-state index is 10.9. The summed E-state index contributed by atoms with van der Waals surface area (Å²) >= 11 is 0. The molecule has 0 aliphatic heterocycles. The van der Waals surface area contributed by atoms with Crippen molar-refractivity contribution in [2.24, 2.45) is 0 Å². The molecule has 2 N–H and O–H groups in total. The highest BCUT2D eigenvalue weighted by Crippen LogP contribution is 2.08. The van der Waals surface area contributed by atoms with Crippen LogP contribution in [0.25, 0.3) is 0 Å². The van der Waals surface area contributed by atoms with Gasteiger partial charge in [0.15, 0.2) is 0 Å². The minimum atomic E-state index is -0.367. The first-order valence-corrected chi connectivity index (χ1v) is 5.43. The van der Waals surface area contributed by atoms with E-state index in [1.54, 1.807) is 6.92 Å². The van der Waals surface area contributed by atoms with Crippen molar-refractivity contribution in [1.82, 2.24) is 5.32 Å². The van der Waals surface area contributed by atoms with Crippen molar-refractivity contribution in [3.05, 3.63) is 29.8 Å². The molecule has 0 radical (unpaired) electrons. The number of hydrogen-bond donors (Lipinski definition) is 2. The zero-order valence-corrected chi connectivity index (χ0v) is 9.75. The summed E-state index contributed by atoms with van der Waals surface area (Å²) < 4.78 is 4.74. The lowest BCUT2D eigenvalue weighted by Crippen LogP contribution is -2.29. The van der Waals surface area contributed by atoms with Gasteiger partial charge in [-0.2, -0.15) is 0 Å². The summed E-state index contributed by atoms with van der Waals surface area (Å²) in [6.45, 7) is 5.46. The fraction of sp³-hybridized carbons (Fsp3) is 0.417. The molecule has 1 amide bonds. The fourth-order valence-corrected chi connectivity index (χ4v) is 1.31. The Balaban J connectivity index is 2.18. The first-order chi connectivity index (χ1) is 7.72. The molecule has 4 heteroatoms. The molecular formula is C12H18N2O2. The average molecular weight is 222 g/mol. The van der Waals surface area contributed by atoms with Crippen molar-refractivity contribution in [3.8, 4) is 0 Å². The zero-order chi connectivity index (χ0) is 11.8. The van der Waals surface area contributed by atoms with Gasteiger partial charge < -0.3 is 15.4 Å². The molecule has 16 heavy (non-hydrogen) atoms. The van der Waals surface area contributed by atoms with E-state index in [-0.39, 0.29) is 6.09 Å². The predicted octanol–water partition coefficient (Wildman–Crippen LogP) is 2.15. The van der Waals surface area contributed by atoms with Gasteiger partial charge in [-0.25, -0.2) is 4.79 Å². The fourth-order valence-electron chi connectivity index (χ4n) is 1.31. The van der Waals surface area contributed by atoms with Gasteiger partial charge >= 0.3 is 6.09 Å². The van der Waals surface area contributed by atoms with Crippen LogP contribution < -0.4 is 10.6 Å². The molecule has 0 aliphatic carbocycles. The lowest BCUT2D eigenvalue weighted by Gasteiger charge is -2.08. The van der Waals surface area contributed by atoms with Crippen LogP contribution in [0, 0.1) is 6.92 Å². The molecule has 0 aromatic heterocycles. The Morgan fingerprint density at radius 1 is 1.38 bits per heavy atom. The second-order valence-corrected chi connectivity index (χ2v) is 3.44. The van der Waals surface area contributed by atoms with E-state index in [0.717, 1.165) is 5.69 Å². The van der Waals surface area contributed by atoms with E-state index in [0.29, 0.717) is 19.7 Å². The van der Waals surface area contributed by atoms with Gasteiger partial charge in [-0.15, -0.1) is 0 Å². The molecule has 1 rings (SSSR count). The largest absolute Gasteiger partial charge is 0.450 e. The average Bonchev–Trinajstić information content (AvgIpc) is 2.25. The number of carbonyl (C=O) groups is 1. The zero-order valence-electron chi connectivity index (χ0n) is 9.75. The predicted molar refractivity (Wildman–Crippen MR) is 64.7 cm³/mol. The van der Waals surface area contributed by atoms with Gasteiger partial charge in [-0.05, 0) is 31.5 Å². The van der Waals surface area contributed by atoms with Crippen LogP contribution >= 0.6 is 0 Å². The molecule has 0 heterocycles. The van der Waals surface area contributed by atoms with Crippen molar-refractivity contribution in [1.29, 1.82) is 0 Å². The third-order valence-electron chi connectivity index (χ3n) is 2.02. The highest BCUT2D eigenvalue weighted by Gasteiger charge is 1.98. The third-order valence-corrected chi connectivity index (χ3v) is 2.02. The van der Waals surface area contributed by atoms with Gasteiger partial charge in [0.1, 0.15) is 0 Å². The summed E-state index contributed by atoms with van der Waals surface area (Å²) in [5.74, 6) is 0. The molecule has 4 nitrogen and oxygen atoms in total. The second-order valence-electron chi connectivity index (χ2n) is 3.44. The monoisotopic (exact) mass is 222 g/mol. The first kappa shape index (κ1) is 12.4. The third kappa shape index (κ3) is 4.68. The lowest BCUT2D eigenvalue weighted by atomic mass is 10.2. The number of nitrogens with one attached hydrogen (secondary N) is 2. The molecule has 1 aromatic carbocycles. The Bertz CT molecular complexity index is 340. The van der Waals surface area contributed by atoms with Crippen LogP contribution in [0.5, 0.6) is 0 Å². The van der Waals surface area contributed by atoms with E-state index in [1.807, 2.05) is 25.1 Å². The van der Waals surface area contributed by atoms with Crippen molar-refractivity contribution < 1.29 is 9.53 Å². The molecule has 0 saturated heterocycles. The highest BCUT2D eigenvalue weighted by atomic mass is 16.5. The van der Waals surface area contributed by atoms with Crippen LogP contribution in [0.2, 0.25) is 0 Å². The van der Waals surface area contributed by atoms with Crippen LogP contribution in [0.15, 0.2) is 24.3 Å². The van der Waals surface area contributed by atoms with Crippen molar-refractivity contribution in [3.63, 3.8) is 0 Å². The molecular weight excluding hydrogens is 204 g/mol. The quantitative estimate of drug-likeness (QED) is 0.750. The van der Waals surface area contributed by atoms with Gasteiger partial charge in [-0.1, -0.05) is 12.1 Å². The summed E-state index contributed by atoms with van der Waals surface area (Å²) in [4.78, 5) is 10.9. The Labute approximate surface area is 96.0 Å². The number of hydrogen-bond acceptors (Lipinski definition) is 3. The number of rotatable bonds is 5. The minimum Gasteiger partial charge on any atom is -0.450 e. The smallest absolute Gasteiger partial charge is 0.407 e. The number of alkyl carbamates (subject to hydrolysis) is 1. The molecule has 88 valence electrons. The maximum Gasteiger partial charge on any atom is 0.407 e. The summed E-state index contributed by atoms with van der Waals surface area (Å²) in [6.07, 6.45) is -0.367. The minimum absolute atomic E-state index is 0.367. The molecule has 0 atom stereocenters. The lowest BCUT2D eigenvalue weighted by molar-refractivity contribution is 0.152. The summed E-state index contributed by atoms with van der Waals surface area (Å²) in [6, 6.07) is 8.10. The summed E-state index contributed by atoms with van der Waals surface area (Å²) in [5, 5.41) is 5.86. The molecule has 0 saturated carbocycles. The van der Waals surface area contributed by atoms with E-state index >= 15 is 0 Å². The summed E-state index contributed by atoms with van der Waals surface area (Å²) in [7, 11) is 0. The molecule has 0 fully saturated rings. The highest BCUT2D eigenvalue weighted by molar-refractivity contribution is 5.67. The van der Waals surface area contributed by atoms with Gasteiger partial charge in [0, 0.05) is 18.8 Å². The molecule has 0 spiro atoms. The van der Waals surface area contributed by atoms with Gasteiger partial charge in [0.05, 0.1) is 6.61 Å². The number of anilines is 1. The number of benzene rings is 1. The van der Waals surface area contributed by atoms with E-state index in [9.17, 15) is 4.79 Å². The van der Waals surface area contributed by atoms with Crippen LogP contribution in [0.1, 0.15) is 12.5 Å². The molecule has 1 aromatic rings. The van der Waals surface area contributed by atoms with E-state index < -0.39 is 0 Å². The number of aryl methyl sites for hydroxylation is 1. The second kappa shape index (κ2) is 6.71. The van der Waals surface area contributed by atoms with E-state index in [2.05, 4.69) is 16.7 Å². The Morgan fingerprint density at radius 2 is 2.19 bits per heavy atom. The molecule has 0 aliphatic rings. The Kier molecular flexibility index (Phi) is 5.19. The topological polar surface area (TPSA) is 50.4 Å². The van der Waals surface area contributed by atoms with E-state index in [4.69, 9.17) is 4.74 Å². The normalized spacial score (nSPS) is 9.62. The number of ether oxygens (including phenoxy) is 1. The van der Waals surface area contributed by atoms with Crippen LogP contribution in [-0.4, -0.2) is 25.8 Å². The number of carbonyl (C=O) groups excluding carboxylic acids is 1. The number of amides is 1.